The summed E-state index contributed by atoms with van der Waals surface area (Å²) >= 11 is 0. The van der Waals surface area contributed by atoms with E-state index >= 15 is 0 Å². The van der Waals surface area contributed by atoms with E-state index in [1.165, 1.54) is 31.5 Å². The maximum Gasteiger partial charge on any atom is 0.291 e. The van der Waals surface area contributed by atoms with Gasteiger partial charge in [0.05, 0.1) is 23.9 Å². The van der Waals surface area contributed by atoms with Crippen molar-refractivity contribution in [1.29, 1.82) is 0 Å². The molecule has 1 heterocycles. The van der Waals surface area contributed by atoms with Crippen LogP contribution in [0.15, 0.2) is 41.0 Å². The number of furan rings is 1. The van der Waals surface area contributed by atoms with Gasteiger partial charge in [0.2, 0.25) is 10.0 Å². The fraction of sp³-hybridized carbons (Fsp3) is 0.154. The maximum atomic E-state index is 13.4. The van der Waals surface area contributed by atoms with Crippen molar-refractivity contribution in [3.8, 4) is 0 Å². The second-order valence-corrected chi connectivity index (χ2v) is 6.34. The van der Waals surface area contributed by atoms with Crippen LogP contribution in [0.2, 0.25) is 0 Å². The minimum absolute atomic E-state index is 0.0318. The third-order valence-corrected chi connectivity index (χ3v) is 3.98. The summed E-state index contributed by atoms with van der Waals surface area (Å²) in [4.78, 5) is 11.9. The van der Waals surface area contributed by atoms with Crippen molar-refractivity contribution in [3.63, 3.8) is 0 Å². The van der Waals surface area contributed by atoms with Crippen molar-refractivity contribution < 1.29 is 22.0 Å². The van der Waals surface area contributed by atoms with Crippen molar-refractivity contribution >= 4 is 27.3 Å². The molecule has 0 aliphatic heterocycles. The number of anilines is 2. The van der Waals surface area contributed by atoms with Crippen molar-refractivity contribution in [1.82, 2.24) is 0 Å². The van der Waals surface area contributed by atoms with Crippen molar-refractivity contribution in [2.24, 2.45) is 0 Å². The number of sulfonamides is 1. The van der Waals surface area contributed by atoms with Gasteiger partial charge in [-0.1, -0.05) is 0 Å². The molecule has 0 aliphatic carbocycles. The molecular weight excluding hydrogens is 299 g/mol. The Morgan fingerprint density at radius 3 is 2.62 bits per heavy atom. The highest BCUT2D eigenvalue weighted by atomic mass is 32.2. The Kier molecular flexibility index (Phi) is 3.99. The van der Waals surface area contributed by atoms with Crippen LogP contribution in [-0.2, 0) is 10.0 Å². The smallest absolute Gasteiger partial charge is 0.291 e. The van der Waals surface area contributed by atoms with Crippen molar-refractivity contribution in [2.75, 3.05) is 22.9 Å². The lowest BCUT2D eigenvalue weighted by atomic mass is 10.2. The molecule has 0 saturated heterocycles. The standard InChI is InChI=1S/C13H13FN2O4S/c1-16(21(2,18)19)11-6-5-9(14)8-10(11)15-13(17)12-4-3-7-20-12/h3-8H,1-2H3,(H,15,17). The zero-order valence-corrected chi connectivity index (χ0v) is 12.1. The summed E-state index contributed by atoms with van der Waals surface area (Å²) in [6, 6.07) is 6.39. The van der Waals surface area contributed by atoms with Gasteiger partial charge in [-0.05, 0) is 30.3 Å². The van der Waals surface area contributed by atoms with Crippen LogP contribution in [-0.4, -0.2) is 27.6 Å². The van der Waals surface area contributed by atoms with Crippen LogP contribution in [0.1, 0.15) is 10.6 Å². The highest BCUT2D eigenvalue weighted by Gasteiger charge is 2.19. The second kappa shape index (κ2) is 5.57. The van der Waals surface area contributed by atoms with Gasteiger partial charge in [0.25, 0.3) is 5.91 Å². The van der Waals surface area contributed by atoms with Gasteiger partial charge in [0.15, 0.2) is 5.76 Å². The summed E-state index contributed by atoms with van der Waals surface area (Å²) in [5.41, 5.74) is 0.183. The van der Waals surface area contributed by atoms with Crippen LogP contribution in [0.3, 0.4) is 0 Å². The summed E-state index contributed by atoms with van der Waals surface area (Å²) in [6.45, 7) is 0. The van der Waals surface area contributed by atoms with Crippen LogP contribution < -0.4 is 9.62 Å². The average molecular weight is 312 g/mol. The van der Waals surface area contributed by atoms with Gasteiger partial charge in [-0.15, -0.1) is 0 Å². The Morgan fingerprint density at radius 1 is 1.33 bits per heavy atom. The molecule has 0 atom stereocenters. The molecule has 0 radical (unpaired) electrons. The van der Waals surface area contributed by atoms with E-state index in [0.717, 1.165) is 22.7 Å². The molecule has 112 valence electrons. The first-order valence-electron chi connectivity index (χ1n) is 5.87. The van der Waals surface area contributed by atoms with Crippen molar-refractivity contribution in [2.45, 2.75) is 0 Å². The van der Waals surface area contributed by atoms with E-state index in [2.05, 4.69) is 5.32 Å². The van der Waals surface area contributed by atoms with Gasteiger partial charge in [-0.3, -0.25) is 9.10 Å². The molecule has 2 rings (SSSR count). The van der Waals surface area contributed by atoms with Crippen LogP contribution in [0, 0.1) is 5.82 Å². The number of carbonyl (C=O) groups excluding carboxylic acids is 1. The van der Waals surface area contributed by atoms with E-state index < -0.39 is 21.7 Å². The Balaban J connectivity index is 2.38. The Morgan fingerprint density at radius 2 is 2.05 bits per heavy atom. The molecular formula is C13H13FN2O4S. The van der Waals surface area contributed by atoms with Gasteiger partial charge in [-0.2, -0.15) is 0 Å². The Bertz CT molecular complexity index is 756. The lowest BCUT2D eigenvalue weighted by Crippen LogP contribution is -2.26. The molecule has 0 aliphatic rings. The minimum Gasteiger partial charge on any atom is -0.459 e. The van der Waals surface area contributed by atoms with Crippen LogP contribution in [0.4, 0.5) is 15.8 Å². The molecule has 21 heavy (non-hydrogen) atoms. The number of halogens is 1. The first-order valence-corrected chi connectivity index (χ1v) is 7.72. The Hall–Kier alpha value is -2.35. The SMILES string of the molecule is CN(c1ccc(F)cc1NC(=O)c1ccco1)S(C)(=O)=O. The molecule has 6 nitrogen and oxygen atoms in total. The normalized spacial score (nSPS) is 11.2. The second-order valence-electron chi connectivity index (χ2n) is 4.32. The molecule has 1 aromatic heterocycles. The zero-order valence-electron chi connectivity index (χ0n) is 11.3. The minimum atomic E-state index is -3.54. The van der Waals surface area contributed by atoms with Crippen LogP contribution in [0.5, 0.6) is 0 Å². The van der Waals surface area contributed by atoms with Gasteiger partial charge >= 0.3 is 0 Å². The largest absolute Gasteiger partial charge is 0.459 e. The molecule has 2 aromatic rings. The van der Waals surface area contributed by atoms with E-state index in [1.54, 1.807) is 0 Å². The number of benzene rings is 1. The Labute approximate surface area is 121 Å². The number of hydrogen-bond donors (Lipinski definition) is 1. The number of amides is 1. The summed E-state index contributed by atoms with van der Waals surface area (Å²) in [5, 5.41) is 2.43. The van der Waals surface area contributed by atoms with E-state index in [9.17, 15) is 17.6 Å². The predicted octanol–water partition coefficient (Wildman–Crippen LogP) is 2.07. The fourth-order valence-corrected chi connectivity index (χ4v) is 2.17. The van der Waals surface area contributed by atoms with Gasteiger partial charge in [0.1, 0.15) is 5.82 Å². The van der Waals surface area contributed by atoms with E-state index in [-0.39, 0.29) is 17.1 Å². The first kappa shape index (κ1) is 15.0. The molecule has 1 aromatic carbocycles. The highest BCUT2D eigenvalue weighted by molar-refractivity contribution is 7.92. The van der Waals surface area contributed by atoms with Crippen LogP contribution in [0.25, 0.3) is 0 Å². The summed E-state index contributed by atoms with van der Waals surface area (Å²) in [5.74, 6) is -1.17. The quantitative estimate of drug-likeness (QED) is 0.937. The predicted molar refractivity (Wildman–Crippen MR) is 76.3 cm³/mol. The lowest BCUT2D eigenvalue weighted by molar-refractivity contribution is 0.0996. The van der Waals surface area contributed by atoms with Gasteiger partial charge in [0, 0.05) is 7.05 Å². The third kappa shape index (κ3) is 3.40. The van der Waals surface area contributed by atoms with E-state index in [0.29, 0.717) is 0 Å². The average Bonchev–Trinajstić information content (AvgIpc) is 2.91. The number of carbonyl (C=O) groups is 1. The summed E-state index contributed by atoms with van der Waals surface area (Å²) in [7, 11) is -2.23. The number of hydrogen-bond acceptors (Lipinski definition) is 4. The molecule has 1 amide bonds. The molecule has 0 fully saturated rings. The summed E-state index contributed by atoms with van der Waals surface area (Å²) in [6.07, 6.45) is 2.33. The topological polar surface area (TPSA) is 79.6 Å². The van der Waals surface area contributed by atoms with E-state index in [4.69, 9.17) is 4.42 Å². The number of nitrogens with zero attached hydrogens (tertiary/aromatic N) is 1. The summed E-state index contributed by atoms with van der Waals surface area (Å²) < 4.78 is 42.4. The third-order valence-electron chi connectivity index (χ3n) is 2.79. The van der Waals surface area contributed by atoms with Gasteiger partial charge < -0.3 is 9.73 Å². The van der Waals surface area contributed by atoms with Crippen molar-refractivity contribution in [3.05, 3.63) is 48.2 Å². The van der Waals surface area contributed by atoms with Gasteiger partial charge in [-0.25, -0.2) is 12.8 Å². The molecule has 0 unspecified atom stereocenters. The molecule has 8 heteroatoms. The van der Waals surface area contributed by atoms with Crippen LogP contribution >= 0.6 is 0 Å². The number of nitrogens with one attached hydrogen (secondary N) is 1. The monoisotopic (exact) mass is 312 g/mol. The zero-order chi connectivity index (χ0) is 15.6. The number of rotatable bonds is 4. The highest BCUT2D eigenvalue weighted by Crippen LogP contribution is 2.28. The maximum absolute atomic E-state index is 13.4. The first-order chi connectivity index (χ1) is 9.79. The fourth-order valence-electron chi connectivity index (χ4n) is 1.65. The van der Waals surface area contributed by atoms with E-state index in [1.807, 2.05) is 0 Å². The molecule has 1 N–H and O–H groups in total. The molecule has 0 spiro atoms. The molecule has 0 saturated carbocycles. The lowest BCUT2D eigenvalue weighted by Gasteiger charge is -2.20. The molecule has 0 bridgehead atoms.